The first-order valence-electron chi connectivity index (χ1n) is 5.88. The molecule has 0 aliphatic carbocycles. The van der Waals surface area contributed by atoms with Crippen LogP contribution in [0, 0.1) is 0 Å². The zero-order valence-electron chi connectivity index (χ0n) is 10.0. The molecule has 94 valence electrons. The van der Waals surface area contributed by atoms with Crippen LogP contribution in [-0.4, -0.2) is 41.8 Å². The molecular formula is C13H18BrNO2. The molecule has 0 spiro atoms. The van der Waals surface area contributed by atoms with Gasteiger partial charge in [-0.15, -0.1) is 0 Å². The molecule has 2 rings (SSSR count). The summed E-state index contributed by atoms with van der Waals surface area (Å²) in [6, 6.07) is 7.83. The molecule has 1 aromatic carbocycles. The van der Waals surface area contributed by atoms with E-state index in [9.17, 15) is 5.11 Å². The minimum atomic E-state index is -0.516. The highest BCUT2D eigenvalue weighted by Gasteiger charge is 2.30. The molecule has 1 aromatic rings. The first kappa shape index (κ1) is 12.9. The Morgan fingerprint density at radius 3 is 2.71 bits per heavy atom. The Morgan fingerprint density at radius 1 is 1.41 bits per heavy atom. The van der Waals surface area contributed by atoms with E-state index in [0.29, 0.717) is 6.61 Å². The molecule has 1 saturated heterocycles. The number of likely N-dealkylation sites (tertiary alicyclic amines) is 1. The number of ether oxygens (including phenoxy) is 1. The van der Waals surface area contributed by atoms with Crippen LogP contribution in [0.25, 0.3) is 0 Å². The third kappa shape index (κ3) is 3.98. The van der Waals surface area contributed by atoms with Crippen LogP contribution in [0.3, 0.4) is 0 Å². The van der Waals surface area contributed by atoms with Gasteiger partial charge in [0, 0.05) is 24.1 Å². The van der Waals surface area contributed by atoms with Gasteiger partial charge in [0.05, 0.1) is 5.60 Å². The van der Waals surface area contributed by atoms with Gasteiger partial charge in [0.15, 0.2) is 0 Å². The maximum atomic E-state index is 9.82. The molecule has 0 bridgehead atoms. The minimum Gasteiger partial charge on any atom is -0.492 e. The summed E-state index contributed by atoms with van der Waals surface area (Å²) in [7, 11) is 0. The van der Waals surface area contributed by atoms with Crippen LogP contribution in [-0.2, 0) is 0 Å². The van der Waals surface area contributed by atoms with E-state index in [1.807, 2.05) is 31.2 Å². The second kappa shape index (κ2) is 5.38. The number of benzene rings is 1. The Bertz CT molecular complexity index is 364. The standard InChI is InChI=1S/C13H18BrNO2/c1-13(16)6-7-15(10-13)8-9-17-12-4-2-11(14)3-5-12/h2-5,16H,6-10H2,1H3. The van der Waals surface area contributed by atoms with Crippen molar-refractivity contribution in [2.75, 3.05) is 26.2 Å². The molecule has 1 unspecified atom stereocenters. The van der Waals surface area contributed by atoms with Gasteiger partial charge in [-0.25, -0.2) is 0 Å². The fraction of sp³-hybridized carbons (Fsp3) is 0.538. The van der Waals surface area contributed by atoms with E-state index in [4.69, 9.17) is 4.74 Å². The monoisotopic (exact) mass is 299 g/mol. The summed E-state index contributed by atoms with van der Waals surface area (Å²) in [6.07, 6.45) is 0.852. The summed E-state index contributed by atoms with van der Waals surface area (Å²) < 4.78 is 6.70. The zero-order chi connectivity index (χ0) is 12.3. The van der Waals surface area contributed by atoms with Crippen LogP contribution in [0.5, 0.6) is 5.75 Å². The van der Waals surface area contributed by atoms with E-state index in [1.165, 1.54) is 0 Å². The van der Waals surface area contributed by atoms with E-state index in [0.717, 1.165) is 36.3 Å². The second-order valence-electron chi connectivity index (χ2n) is 4.83. The van der Waals surface area contributed by atoms with Crippen LogP contribution in [0.4, 0.5) is 0 Å². The molecule has 1 atom stereocenters. The van der Waals surface area contributed by atoms with Gasteiger partial charge in [-0.05, 0) is 37.6 Å². The molecule has 17 heavy (non-hydrogen) atoms. The Kier molecular flexibility index (Phi) is 4.07. The van der Waals surface area contributed by atoms with Crippen LogP contribution < -0.4 is 4.74 Å². The summed E-state index contributed by atoms with van der Waals surface area (Å²) in [4.78, 5) is 2.23. The maximum Gasteiger partial charge on any atom is 0.119 e. The molecule has 1 aliphatic rings. The molecule has 1 heterocycles. The van der Waals surface area contributed by atoms with Crippen molar-refractivity contribution in [1.82, 2.24) is 4.90 Å². The highest BCUT2D eigenvalue weighted by atomic mass is 79.9. The molecule has 4 heteroatoms. The van der Waals surface area contributed by atoms with Gasteiger partial charge in [-0.3, -0.25) is 4.90 Å². The lowest BCUT2D eigenvalue weighted by Gasteiger charge is -2.18. The number of nitrogens with zero attached hydrogens (tertiary/aromatic N) is 1. The van der Waals surface area contributed by atoms with Crippen LogP contribution in [0.1, 0.15) is 13.3 Å². The first-order chi connectivity index (χ1) is 8.05. The fourth-order valence-corrected chi connectivity index (χ4v) is 2.32. The molecule has 1 fully saturated rings. The SMILES string of the molecule is CC1(O)CCN(CCOc2ccc(Br)cc2)C1. The van der Waals surface area contributed by atoms with Crippen LogP contribution >= 0.6 is 15.9 Å². The summed E-state index contributed by atoms with van der Waals surface area (Å²) in [5.74, 6) is 0.888. The molecule has 3 nitrogen and oxygen atoms in total. The molecule has 0 aromatic heterocycles. The van der Waals surface area contributed by atoms with Gasteiger partial charge in [-0.1, -0.05) is 15.9 Å². The number of hydrogen-bond acceptors (Lipinski definition) is 3. The van der Waals surface area contributed by atoms with Gasteiger partial charge in [0.25, 0.3) is 0 Å². The minimum absolute atomic E-state index is 0.516. The molecule has 0 amide bonds. The highest BCUT2D eigenvalue weighted by Crippen LogP contribution is 2.20. The number of halogens is 1. The number of hydrogen-bond donors (Lipinski definition) is 1. The van der Waals surface area contributed by atoms with Crippen molar-refractivity contribution in [1.29, 1.82) is 0 Å². The second-order valence-corrected chi connectivity index (χ2v) is 5.74. The van der Waals surface area contributed by atoms with Crippen molar-refractivity contribution in [2.24, 2.45) is 0 Å². The van der Waals surface area contributed by atoms with Gasteiger partial charge < -0.3 is 9.84 Å². The lowest BCUT2D eigenvalue weighted by atomic mass is 10.1. The van der Waals surface area contributed by atoms with Crippen molar-refractivity contribution < 1.29 is 9.84 Å². The molecule has 0 saturated carbocycles. The van der Waals surface area contributed by atoms with Crippen molar-refractivity contribution in [3.8, 4) is 5.75 Å². The van der Waals surface area contributed by atoms with Gasteiger partial charge in [0.1, 0.15) is 12.4 Å². The predicted molar refractivity (Wildman–Crippen MR) is 71.3 cm³/mol. The highest BCUT2D eigenvalue weighted by molar-refractivity contribution is 9.10. The summed E-state index contributed by atoms with van der Waals surface area (Å²) in [6.45, 7) is 5.12. The van der Waals surface area contributed by atoms with Crippen molar-refractivity contribution in [3.05, 3.63) is 28.7 Å². The smallest absolute Gasteiger partial charge is 0.119 e. The summed E-state index contributed by atoms with van der Waals surface area (Å²) in [5.41, 5.74) is -0.516. The average Bonchev–Trinajstić information content (AvgIpc) is 2.61. The first-order valence-corrected chi connectivity index (χ1v) is 6.68. The van der Waals surface area contributed by atoms with E-state index in [2.05, 4.69) is 20.8 Å². The van der Waals surface area contributed by atoms with Gasteiger partial charge in [-0.2, -0.15) is 0 Å². The van der Waals surface area contributed by atoms with E-state index in [-0.39, 0.29) is 0 Å². The van der Waals surface area contributed by atoms with Crippen molar-refractivity contribution in [2.45, 2.75) is 18.9 Å². The lowest BCUT2D eigenvalue weighted by Crippen LogP contribution is -2.32. The van der Waals surface area contributed by atoms with E-state index < -0.39 is 5.60 Å². The third-order valence-electron chi connectivity index (χ3n) is 3.02. The Morgan fingerprint density at radius 2 is 2.12 bits per heavy atom. The largest absolute Gasteiger partial charge is 0.492 e. The Hall–Kier alpha value is -0.580. The summed E-state index contributed by atoms with van der Waals surface area (Å²) >= 11 is 3.39. The molecule has 1 N–H and O–H groups in total. The van der Waals surface area contributed by atoms with Gasteiger partial charge >= 0.3 is 0 Å². The predicted octanol–water partition coefficient (Wildman–Crippen LogP) is 2.28. The number of aliphatic hydroxyl groups is 1. The van der Waals surface area contributed by atoms with E-state index in [1.54, 1.807) is 0 Å². The number of β-amino-alcohol motifs (C(OH)–C–C–N with tert-alkyl or cyclic N) is 1. The lowest BCUT2D eigenvalue weighted by molar-refractivity contribution is 0.0670. The van der Waals surface area contributed by atoms with E-state index >= 15 is 0 Å². The molecule has 0 radical (unpaired) electrons. The third-order valence-corrected chi connectivity index (χ3v) is 3.55. The van der Waals surface area contributed by atoms with Crippen LogP contribution in [0.2, 0.25) is 0 Å². The van der Waals surface area contributed by atoms with Gasteiger partial charge in [0.2, 0.25) is 0 Å². The van der Waals surface area contributed by atoms with Crippen molar-refractivity contribution >= 4 is 15.9 Å². The Balaban J connectivity index is 1.71. The normalized spacial score (nSPS) is 25.1. The molecule has 1 aliphatic heterocycles. The maximum absolute atomic E-state index is 9.82. The number of rotatable bonds is 4. The molecular weight excluding hydrogens is 282 g/mol. The average molecular weight is 300 g/mol. The van der Waals surface area contributed by atoms with Crippen molar-refractivity contribution in [3.63, 3.8) is 0 Å². The topological polar surface area (TPSA) is 32.7 Å². The Labute approximate surface area is 111 Å². The zero-order valence-corrected chi connectivity index (χ0v) is 11.6. The quantitative estimate of drug-likeness (QED) is 0.926. The fourth-order valence-electron chi connectivity index (χ4n) is 2.05. The summed E-state index contributed by atoms with van der Waals surface area (Å²) in [5, 5.41) is 9.82. The van der Waals surface area contributed by atoms with Crippen LogP contribution in [0.15, 0.2) is 28.7 Å².